The van der Waals surface area contributed by atoms with Crippen molar-refractivity contribution in [1.82, 2.24) is 10.3 Å². The minimum atomic E-state index is -0.801. The number of carbonyl (C=O) groups is 4. The zero-order chi connectivity index (χ0) is 57.8. The van der Waals surface area contributed by atoms with Crippen LogP contribution >= 0.6 is 0 Å². The Morgan fingerprint density at radius 1 is 0.580 bits per heavy atom. The van der Waals surface area contributed by atoms with Crippen molar-refractivity contribution in [1.29, 1.82) is 0 Å². The molecule has 1 amide bonds. The Morgan fingerprint density at radius 2 is 0.975 bits per heavy atom. The van der Waals surface area contributed by atoms with Gasteiger partial charge in [0.1, 0.15) is 24.4 Å². The summed E-state index contributed by atoms with van der Waals surface area (Å²) in [4.78, 5) is 54.2. The van der Waals surface area contributed by atoms with Crippen LogP contribution in [0.1, 0.15) is 191 Å². The highest BCUT2D eigenvalue weighted by Crippen LogP contribution is 2.37. The first kappa shape index (κ1) is 68.0. The molecule has 1 aromatic heterocycles. The minimum absolute atomic E-state index is 0. The van der Waals surface area contributed by atoms with Gasteiger partial charge in [-0.15, -0.1) is 0 Å². The van der Waals surface area contributed by atoms with Crippen molar-refractivity contribution in [3.63, 3.8) is 0 Å². The number of quaternary nitrogens is 1. The zero-order valence-corrected chi connectivity index (χ0v) is 51.1. The number of rotatable bonds is 18. The lowest BCUT2D eigenvalue weighted by Gasteiger charge is -2.31. The molecule has 4 aromatic rings. The normalized spacial score (nSPS) is 26.4. The van der Waals surface area contributed by atoms with Crippen LogP contribution in [0.25, 0.3) is 0 Å². The second-order valence-corrected chi connectivity index (χ2v) is 23.3. The van der Waals surface area contributed by atoms with Gasteiger partial charge in [-0.05, 0) is 150 Å². The molecule has 12 nitrogen and oxygen atoms in total. The number of pyridine rings is 1. The number of aromatic nitrogens is 1. The van der Waals surface area contributed by atoms with Crippen molar-refractivity contribution in [2.75, 3.05) is 7.11 Å². The van der Waals surface area contributed by atoms with Crippen LogP contribution in [-0.4, -0.2) is 71.4 Å². The van der Waals surface area contributed by atoms with E-state index in [1.54, 1.807) is 0 Å². The van der Waals surface area contributed by atoms with Crippen LogP contribution < -0.4 is 28.2 Å². The summed E-state index contributed by atoms with van der Waals surface area (Å²) >= 11 is 0. The summed E-state index contributed by atoms with van der Waals surface area (Å²) < 4.78 is 22.6. The van der Waals surface area contributed by atoms with Crippen molar-refractivity contribution in [2.45, 2.75) is 214 Å². The fourth-order valence-corrected chi connectivity index (χ4v) is 12.5. The Kier molecular flexibility index (Phi) is 31.0. The molecular weight excluding hydrogens is 1040 g/mol. The van der Waals surface area contributed by atoms with Gasteiger partial charge in [0.2, 0.25) is 0 Å². The highest BCUT2D eigenvalue weighted by atomic mass is 35.5. The minimum Gasteiger partial charge on any atom is -1.00 e. The third-order valence-electron chi connectivity index (χ3n) is 17.3. The van der Waals surface area contributed by atoms with Crippen LogP contribution in [-0.2, 0) is 47.9 Å². The molecule has 81 heavy (non-hydrogen) atoms. The third-order valence-corrected chi connectivity index (χ3v) is 17.3. The summed E-state index contributed by atoms with van der Waals surface area (Å²) in [7, 11) is 1.40. The lowest BCUT2D eigenvalue weighted by Crippen LogP contribution is -3.00. The average Bonchev–Trinajstić information content (AvgIpc) is 3.56. The molecule has 3 aromatic carbocycles. The van der Waals surface area contributed by atoms with Gasteiger partial charge in [-0.25, -0.2) is 14.6 Å². The fraction of sp³-hybridized carbons (Fsp3) is 0.603. The van der Waals surface area contributed by atoms with Gasteiger partial charge < -0.3 is 47.5 Å². The molecule has 13 heteroatoms. The third kappa shape index (κ3) is 22.3. The zero-order valence-electron chi connectivity index (χ0n) is 50.3. The van der Waals surface area contributed by atoms with Crippen LogP contribution in [0.5, 0.6) is 11.5 Å². The summed E-state index contributed by atoms with van der Waals surface area (Å²) in [5.74, 6) is 1.40. The van der Waals surface area contributed by atoms with E-state index >= 15 is 0 Å². The molecule has 0 aliphatic carbocycles. The maximum Gasteiger partial charge on any atom is 0.365 e. The number of amides is 1. The Labute approximate surface area is 492 Å². The molecule has 3 saturated heterocycles. The second-order valence-electron chi connectivity index (χ2n) is 23.3. The summed E-state index contributed by atoms with van der Waals surface area (Å²) in [6, 6.07) is 32.4. The molecule has 0 saturated carbocycles. The molecular formula is C68H100ClN3O9. The van der Waals surface area contributed by atoms with Crippen LogP contribution in [0.3, 0.4) is 0 Å². The second kappa shape index (κ2) is 36.9. The first-order valence-electron chi connectivity index (χ1n) is 30.8. The van der Waals surface area contributed by atoms with E-state index < -0.39 is 17.9 Å². The molecule has 0 radical (unpaired) electrons. The Balaban J connectivity index is 0.000000268. The van der Waals surface area contributed by atoms with Gasteiger partial charge >= 0.3 is 17.9 Å². The maximum absolute atomic E-state index is 13.0. The molecule has 7 rings (SSSR count). The van der Waals surface area contributed by atoms with E-state index in [0.29, 0.717) is 36.0 Å². The lowest BCUT2D eigenvalue weighted by atomic mass is 9.78. The smallest absolute Gasteiger partial charge is 0.365 e. The highest BCUT2D eigenvalue weighted by molar-refractivity contribution is 5.98. The number of nitrogens with zero attached hydrogens (tertiary/aromatic N) is 1. The predicted octanol–water partition coefficient (Wildman–Crippen LogP) is 10.5. The van der Waals surface area contributed by atoms with Crippen molar-refractivity contribution in [3.05, 3.63) is 126 Å². The van der Waals surface area contributed by atoms with E-state index in [-0.39, 0.29) is 77.7 Å². The first-order chi connectivity index (χ1) is 38.7. The number of methoxy groups -OCH3 is 1. The number of unbranched alkanes of at least 4 members (excludes halogenated alkanes) is 3. The standard InChI is InChI=1S/C27H36N2O5.C21H32O2.C20H31NO2.ClH/c1-4-5-13-21-18(2)34-27(32)22(14-9-12-20(21)17-19-10-7-6-8-11-19)29-26(31)24-25(30)23(33-3)15-16-28-24;1-4-5-14-20-17(3)23-21(22)16(2)10-9-13-19(20)15-18-11-7-6-8-12-18;1-3-4-12-18-15(2)23-20(22)19(21)13-8-11-17(18)14-16-9-6-5-7-10-16;/h6-8,10-11,15-16,18,20-22,30H,4-5,9,12-14,17H2,1-3H3,(H,29,31);6-8,11-12,16-17,19-20H,4-5,9-10,13-15H2,1-3H3;5-7,9-10,15,17-19H,3-4,8,11-14,21H2,1-2H3;1H/t18-,20+,21-,22-;16-,17-,19+,20-;15-,17+,18-,19-;/m000./s1. The molecule has 3 aliphatic heterocycles. The average molecular weight is 1140 g/mol. The van der Waals surface area contributed by atoms with Gasteiger partial charge in [-0.1, -0.05) is 170 Å². The highest BCUT2D eigenvalue weighted by Gasteiger charge is 2.37. The molecule has 448 valence electrons. The van der Waals surface area contributed by atoms with Gasteiger partial charge in [0.05, 0.1) is 13.0 Å². The Bertz CT molecular complexity index is 2320. The van der Waals surface area contributed by atoms with E-state index in [1.165, 1.54) is 68.2 Å². The topological polar surface area (TPSA) is 178 Å². The van der Waals surface area contributed by atoms with Crippen molar-refractivity contribution >= 4 is 23.8 Å². The summed E-state index contributed by atoms with van der Waals surface area (Å²) in [5.41, 5.74) is 7.89. The Hall–Kier alpha value is -5.46. The number of hydrogen-bond acceptors (Lipinski definition) is 10. The molecule has 3 fully saturated rings. The van der Waals surface area contributed by atoms with Crippen molar-refractivity contribution < 1.29 is 61.4 Å². The maximum atomic E-state index is 13.0. The number of carbonyl (C=O) groups excluding carboxylic acids is 4. The number of benzene rings is 3. The number of halogens is 1. The summed E-state index contributed by atoms with van der Waals surface area (Å²) in [6.45, 7) is 14.8. The number of esters is 3. The molecule has 3 aliphatic rings. The molecule has 4 heterocycles. The van der Waals surface area contributed by atoms with E-state index in [2.05, 4.69) is 136 Å². The number of hydrogen-bond donors (Lipinski definition) is 3. The van der Waals surface area contributed by atoms with Gasteiger partial charge in [0.25, 0.3) is 5.91 Å². The van der Waals surface area contributed by atoms with Crippen LogP contribution in [0.15, 0.2) is 103 Å². The van der Waals surface area contributed by atoms with Gasteiger partial charge in [0, 0.05) is 18.7 Å². The van der Waals surface area contributed by atoms with E-state index in [0.717, 1.165) is 96.3 Å². The molecule has 0 unspecified atom stereocenters. The lowest BCUT2D eigenvalue weighted by molar-refractivity contribution is -0.410. The number of aromatic hydroxyl groups is 1. The largest absolute Gasteiger partial charge is 1.00 e. The van der Waals surface area contributed by atoms with Gasteiger partial charge in [0.15, 0.2) is 23.2 Å². The molecule has 12 atom stereocenters. The van der Waals surface area contributed by atoms with Crippen molar-refractivity contribution in [3.8, 4) is 11.5 Å². The number of cyclic esters (lactones) is 3. The molecule has 5 N–H and O–H groups in total. The Morgan fingerprint density at radius 3 is 1.40 bits per heavy atom. The van der Waals surface area contributed by atoms with Crippen molar-refractivity contribution in [2.24, 2.45) is 41.4 Å². The van der Waals surface area contributed by atoms with E-state index in [4.69, 9.17) is 18.9 Å². The molecule has 0 bridgehead atoms. The number of nitrogens with one attached hydrogen (secondary N) is 1. The van der Waals surface area contributed by atoms with Crippen LogP contribution in [0.4, 0.5) is 0 Å². The van der Waals surface area contributed by atoms with E-state index in [9.17, 15) is 24.3 Å². The van der Waals surface area contributed by atoms with Gasteiger partial charge in [-0.3, -0.25) is 9.59 Å². The number of ether oxygens (including phenoxy) is 4. The SMILES string of the molecule is CCCC[C@@H]1[C@@H](Cc2ccccc2)CCC[C@H](C)C(=O)O[C@H]1C.CCCC[C@@H]1[C@@H](Cc2ccccc2)CCC[C@H](NC(=O)c2nccc(OC)c2O)C(=O)O[C@H]1C.CCCC[C@@H]1[C@@H](Cc2ccccc2)CCC[C@H]([NH3+])C(=O)O[C@H]1C.[Cl-]. The predicted molar refractivity (Wildman–Crippen MR) is 318 cm³/mol. The summed E-state index contributed by atoms with van der Waals surface area (Å²) in [5, 5.41) is 13.0. The first-order valence-corrected chi connectivity index (χ1v) is 30.8. The molecule has 0 spiro atoms. The van der Waals surface area contributed by atoms with E-state index in [1.807, 2.05) is 19.9 Å². The fourth-order valence-electron chi connectivity index (χ4n) is 12.5. The van der Waals surface area contributed by atoms with Crippen LogP contribution in [0, 0.1) is 41.4 Å². The van der Waals surface area contributed by atoms with Crippen LogP contribution in [0.2, 0.25) is 0 Å². The monoisotopic (exact) mass is 1140 g/mol. The quantitative estimate of drug-likeness (QED) is 0.0642. The van der Waals surface area contributed by atoms with Gasteiger partial charge in [-0.2, -0.15) is 0 Å². The summed E-state index contributed by atoms with van der Waals surface area (Å²) in [6.07, 6.45) is 23.1.